The molecule has 3 rings (SSSR count). The predicted octanol–water partition coefficient (Wildman–Crippen LogP) is 3.93. The summed E-state index contributed by atoms with van der Waals surface area (Å²) in [5.41, 5.74) is 5.74. The lowest BCUT2D eigenvalue weighted by Gasteiger charge is -2.36. The van der Waals surface area contributed by atoms with Crippen molar-refractivity contribution in [2.45, 2.75) is 58.9 Å². The molecular formula is C18H28N2. The molecule has 1 saturated heterocycles. The first-order valence-electron chi connectivity index (χ1n) is 8.22. The van der Waals surface area contributed by atoms with E-state index in [-0.39, 0.29) is 0 Å². The minimum absolute atomic E-state index is 0.704. The van der Waals surface area contributed by atoms with Crippen molar-refractivity contribution >= 4 is 5.69 Å². The molecular weight excluding hydrogens is 244 g/mol. The van der Waals surface area contributed by atoms with Crippen LogP contribution in [0.3, 0.4) is 0 Å². The standard InChI is InChI=1S/C18H28N2/c1-13-9-14(2)18(15(3)10-13)20-12-19-11-17(20)16-7-5-4-6-8-16/h9-10,16-17,19H,4-8,11-12H2,1-3H3. The summed E-state index contributed by atoms with van der Waals surface area (Å²) in [6.07, 6.45) is 7.15. The van der Waals surface area contributed by atoms with Crippen LogP contribution in [0.5, 0.6) is 0 Å². The summed E-state index contributed by atoms with van der Waals surface area (Å²) in [5.74, 6) is 0.888. The number of nitrogens with one attached hydrogen (secondary N) is 1. The molecule has 0 radical (unpaired) electrons. The number of hydrogen-bond donors (Lipinski definition) is 1. The summed E-state index contributed by atoms with van der Waals surface area (Å²) in [6.45, 7) is 8.92. The molecule has 1 aromatic rings. The molecule has 1 N–H and O–H groups in total. The fourth-order valence-electron chi connectivity index (χ4n) is 4.37. The second-order valence-electron chi connectivity index (χ2n) is 6.79. The second kappa shape index (κ2) is 5.77. The Hall–Kier alpha value is -1.02. The van der Waals surface area contributed by atoms with Crippen LogP contribution in [-0.2, 0) is 0 Å². The molecule has 2 heteroatoms. The fourth-order valence-corrected chi connectivity index (χ4v) is 4.37. The van der Waals surface area contributed by atoms with Gasteiger partial charge in [-0.15, -0.1) is 0 Å². The monoisotopic (exact) mass is 272 g/mol. The zero-order valence-electron chi connectivity index (χ0n) is 13.2. The third-order valence-electron chi connectivity index (χ3n) is 5.15. The molecule has 2 aliphatic rings. The van der Waals surface area contributed by atoms with Gasteiger partial charge in [0.1, 0.15) is 0 Å². The van der Waals surface area contributed by atoms with Crippen LogP contribution in [0, 0.1) is 26.7 Å². The van der Waals surface area contributed by atoms with E-state index in [4.69, 9.17) is 0 Å². The molecule has 1 heterocycles. The van der Waals surface area contributed by atoms with Crippen molar-refractivity contribution < 1.29 is 0 Å². The number of aryl methyl sites for hydroxylation is 3. The van der Waals surface area contributed by atoms with Gasteiger partial charge in [-0.05, 0) is 50.7 Å². The van der Waals surface area contributed by atoms with Crippen LogP contribution >= 0.6 is 0 Å². The van der Waals surface area contributed by atoms with Gasteiger partial charge in [0.2, 0.25) is 0 Å². The van der Waals surface area contributed by atoms with Crippen molar-refractivity contribution in [2.75, 3.05) is 18.1 Å². The van der Waals surface area contributed by atoms with Crippen LogP contribution in [0.1, 0.15) is 48.8 Å². The molecule has 0 aromatic heterocycles. The van der Waals surface area contributed by atoms with Crippen LogP contribution in [0.15, 0.2) is 12.1 Å². The van der Waals surface area contributed by atoms with E-state index in [9.17, 15) is 0 Å². The molecule has 0 spiro atoms. The summed E-state index contributed by atoms with van der Waals surface area (Å²) < 4.78 is 0. The largest absolute Gasteiger partial charge is 0.354 e. The highest BCUT2D eigenvalue weighted by molar-refractivity contribution is 5.61. The van der Waals surface area contributed by atoms with Gasteiger partial charge in [0.15, 0.2) is 0 Å². The van der Waals surface area contributed by atoms with Crippen molar-refractivity contribution in [1.82, 2.24) is 5.32 Å². The Kier molecular flexibility index (Phi) is 4.02. The molecule has 1 aliphatic carbocycles. The van der Waals surface area contributed by atoms with Crippen LogP contribution < -0.4 is 10.2 Å². The van der Waals surface area contributed by atoms with E-state index >= 15 is 0 Å². The molecule has 1 aliphatic heterocycles. The van der Waals surface area contributed by atoms with Crippen molar-refractivity contribution in [3.8, 4) is 0 Å². The Balaban J connectivity index is 1.88. The maximum atomic E-state index is 3.61. The number of hydrogen-bond acceptors (Lipinski definition) is 2. The van der Waals surface area contributed by atoms with Crippen LogP contribution in [-0.4, -0.2) is 19.3 Å². The smallest absolute Gasteiger partial charge is 0.0686 e. The molecule has 0 bridgehead atoms. The van der Waals surface area contributed by atoms with Crippen molar-refractivity contribution in [3.05, 3.63) is 28.8 Å². The van der Waals surface area contributed by atoms with E-state index in [1.807, 2.05) is 0 Å². The van der Waals surface area contributed by atoms with E-state index in [2.05, 4.69) is 43.1 Å². The number of nitrogens with zero attached hydrogens (tertiary/aromatic N) is 1. The molecule has 110 valence electrons. The fraction of sp³-hybridized carbons (Fsp3) is 0.667. The zero-order valence-corrected chi connectivity index (χ0v) is 13.2. The van der Waals surface area contributed by atoms with Gasteiger partial charge in [-0.25, -0.2) is 0 Å². The highest BCUT2D eigenvalue weighted by Crippen LogP contribution is 2.35. The molecule has 2 nitrogen and oxygen atoms in total. The van der Waals surface area contributed by atoms with Gasteiger partial charge in [-0.3, -0.25) is 5.32 Å². The Labute approximate surface area is 123 Å². The average molecular weight is 272 g/mol. The number of anilines is 1. The lowest BCUT2D eigenvalue weighted by Crippen LogP contribution is -2.39. The summed E-state index contributed by atoms with van der Waals surface area (Å²) >= 11 is 0. The zero-order chi connectivity index (χ0) is 14.1. The summed E-state index contributed by atoms with van der Waals surface area (Å²) in [7, 11) is 0. The van der Waals surface area contributed by atoms with Crippen molar-refractivity contribution in [2.24, 2.45) is 5.92 Å². The summed E-state index contributed by atoms with van der Waals surface area (Å²) in [6, 6.07) is 5.37. The SMILES string of the molecule is Cc1cc(C)c(N2CNCC2C2CCCCC2)c(C)c1. The van der Waals surface area contributed by atoms with Crippen LogP contribution in [0.2, 0.25) is 0 Å². The van der Waals surface area contributed by atoms with Crippen molar-refractivity contribution in [1.29, 1.82) is 0 Å². The lowest BCUT2D eigenvalue weighted by atomic mass is 9.83. The number of rotatable bonds is 2. The maximum Gasteiger partial charge on any atom is 0.0686 e. The van der Waals surface area contributed by atoms with E-state index < -0.39 is 0 Å². The first-order chi connectivity index (χ1) is 9.66. The van der Waals surface area contributed by atoms with Crippen LogP contribution in [0.25, 0.3) is 0 Å². The quantitative estimate of drug-likeness (QED) is 0.877. The Morgan fingerprint density at radius 1 is 1.00 bits per heavy atom. The highest BCUT2D eigenvalue weighted by atomic mass is 15.3. The molecule has 1 unspecified atom stereocenters. The van der Waals surface area contributed by atoms with Gasteiger partial charge in [0.05, 0.1) is 6.67 Å². The van der Waals surface area contributed by atoms with Gasteiger partial charge >= 0.3 is 0 Å². The molecule has 1 aromatic carbocycles. The van der Waals surface area contributed by atoms with Crippen molar-refractivity contribution in [3.63, 3.8) is 0 Å². The molecule has 20 heavy (non-hydrogen) atoms. The average Bonchev–Trinajstić information content (AvgIpc) is 2.87. The minimum atomic E-state index is 0.704. The topological polar surface area (TPSA) is 15.3 Å². The minimum Gasteiger partial charge on any atom is -0.354 e. The van der Waals surface area contributed by atoms with Gasteiger partial charge in [0.25, 0.3) is 0 Å². The van der Waals surface area contributed by atoms with Gasteiger partial charge in [-0.1, -0.05) is 37.0 Å². The first-order valence-corrected chi connectivity index (χ1v) is 8.22. The van der Waals surface area contributed by atoms with Gasteiger partial charge in [0, 0.05) is 18.3 Å². The first kappa shape index (κ1) is 13.9. The molecule has 2 fully saturated rings. The molecule has 1 atom stereocenters. The summed E-state index contributed by atoms with van der Waals surface area (Å²) in [4.78, 5) is 2.65. The van der Waals surface area contributed by atoms with Gasteiger partial charge in [-0.2, -0.15) is 0 Å². The Morgan fingerprint density at radius 2 is 1.65 bits per heavy atom. The molecule has 1 saturated carbocycles. The maximum absolute atomic E-state index is 3.61. The third-order valence-corrected chi connectivity index (χ3v) is 5.15. The van der Waals surface area contributed by atoms with E-state index in [0.717, 1.165) is 19.1 Å². The Morgan fingerprint density at radius 3 is 2.30 bits per heavy atom. The lowest BCUT2D eigenvalue weighted by molar-refractivity contribution is 0.312. The third kappa shape index (κ3) is 2.58. The van der Waals surface area contributed by atoms with Gasteiger partial charge < -0.3 is 4.90 Å². The van der Waals surface area contributed by atoms with E-state index in [1.165, 1.54) is 54.5 Å². The Bertz CT molecular complexity index is 451. The van der Waals surface area contributed by atoms with Crippen LogP contribution in [0.4, 0.5) is 5.69 Å². The number of benzene rings is 1. The predicted molar refractivity (Wildman–Crippen MR) is 86.4 cm³/mol. The second-order valence-corrected chi connectivity index (χ2v) is 6.79. The normalized spacial score (nSPS) is 24.4. The summed E-state index contributed by atoms with van der Waals surface area (Å²) in [5, 5.41) is 3.61. The van der Waals surface area contributed by atoms with E-state index in [1.54, 1.807) is 0 Å². The highest BCUT2D eigenvalue weighted by Gasteiger charge is 2.33. The van der Waals surface area contributed by atoms with E-state index in [0.29, 0.717) is 6.04 Å². The molecule has 0 amide bonds.